The molecule has 17 heavy (non-hydrogen) atoms. The van der Waals surface area contributed by atoms with Crippen molar-refractivity contribution in [3.05, 3.63) is 26.2 Å². The Morgan fingerprint density at radius 2 is 2.06 bits per heavy atom. The Kier molecular flexibility index (Phi) is 3.99. The van der Waals surface area contributed by atoms with Gasteiger partial charge in [-0.3, -0.25) is 0 Å². The van der Waals surface area contributed by atoms with Crippen LogP contribution in [-0.4, -0.2) is 18.3 Å². The van der Waals surface area contributed by atoms with Crippen molar-refractivity contribution in [1.29, 1.82) is 0 Å². The molecule has 0 unspecified atom stereocenters. The quantitative estimate of drug-likeness (QED) is 0.474. The molecular weight excluding hydrogens is 349 g/mol. The second-order valence-corrected chi connectivity index (χ2v) is 5.99. The zero-order valence-corrected chi connectivity index (χ0v) is 10.8. The molecule has 0 radical (unpaired) electrons. The van der Waals surface area contributed by atoms with Gasteiger partial charge < -0.3 is 10.1 Å². The van der Waals surface area contributed by atoms with Crippen LogP contribution in [0, 0.1) is 10.1 Å². The molecule has 0 amide bonds. The van der Waals surface area contributed by atoms with Gasteiger partial charge in [-0.05, 0) is 25.8 Å². The first-order chi connectivity index (χ1) is 7.64. The summed E-state index contributed by atoms with van der Waals surface area (Å²) in [5, 5.41) is 9.51. The number of halogens is 4. The van der Waals surface area contributed by atoms with Crippen molar-refractivity contribution in [3.63, 3.8) is 0 Å². The summed E-state index contributed by atoms with van der Waals surface area (Å²) >= 11 is 2.56. The average molecular weight is 352 g/mol. The molecule has 0 spiro atoms. The third-order valence-corrected chi connectivity index (χ3v) is 3.60. The van der Waals surface area contributed by atoms with Crippen LogP contribution in [0.15, 0.2) is 15.6 Å². The molecule has 0 aliphatic rings. The van der Waals surface area contributed by atoms with Crippen molar-refractivity contribution < 1.29 is 22.1 Å². The van der Waals surface area contributed by atoms with Crippen molar-refractivity contribution >= 4 is 41.5 Å². The lowest BCUT2D eigenvalue weighted by Crippen LogP contribution is -2.04. The van der Waals surface area contributed by atoms with Crippen LogP contribution < -0.4 is 0 Å². The Morgan fingerprint density at radius 3 is 2.41 bits per heavy atom. The summed E-state index contributed by atoms with van der Waals surface area (Å²) in [5.41, 5.74) is -0.870. The lowest BCUT2D eigenvalue weighted by molar-refractivity contribution is -0.390. The number of alkyl halides is 2. The topological polar surface area (TPSA) is 90.2 Å². The average Bonchev–Trinajstić information content (AvgIpc) is 2.14. The molecule has 94 valence electrons. The molecule has 11 heteroatoms. The van der Waals surface area contributed by atoms with Crippen LogP contribution >= 0.6 is 26.6 Å². The zero-order chi connectivity index (χ0) is 13.4. The van der Waals surface area contributed by atoms with Crippen molar-refractivity contribution in [2.24, 2.45) is 0 Å². The van der Waals surface area contributed by atoms with E-state index in [1.807, 2.05) is 0 Å². The minimum Gasteiger partial charge on any atom is -0.358 e. The lowest BCUT2D eigenvalue weighted by atomic mass is 10.3. The zero-order valence-electron chi connectivity index (χ0n) is 7.60. The summed E-state index contributed by atoms with van der Waals surface area (Å²) in [6.45, 7) is 0. The van der Waals surface area contributed by atoms with E-state index in [-0.39, 0.29) is 0 Å². The standard InChI is InChI=1S/C6H2BrClF2N2O4S/c7-4-2(5(9)10)1-3(17(8,15)16)11-6(4)12(13)14/h1,5H. The van der Waals surface area contributed by atoms with E-state index in [1.54, 1.807) is 0 Å². The highest BCUT2D eigenvalue weighted by molar-refractivity contribution is 9.10. The van der Waals surface area contributed by atoms with Gasteiger partial charge in [0.05, 0.1) is 0 Å². The molecular formula is C6H2BrClF2N2O4S. The van der Waals surface area contributed by atoms with Crippen LogP contribution in [0.3, 0.4) is 0 Å². The summed E-state index contributed by atoms with van der Waals surface area (Å²) in [5.74, 6) is -1.04. The summed E-state index contributed by atoms with van der Waals surface area (Å²) < 4.78 is 46.3. The molecule has 0 aliphatic heterocycles. The van der Waals surface area contributed by atoms with Crippen LogP contribution in [0.4, 0.5) is 14.6 Å². The molecule has 6 nitrogen and oxygen atoms in total. The van der Waals surface area contributed by atoms with Crippen molar-refractivity contribution in [3.8, 4) is 0 Å². The molecule has 1 aromatic rings. The van der Waals surface area contributed by atoms with Crippen molar-refractivity contribution in [2.75, 3.05) is 0 Å². The molecule has 0 N–H and O–H groups in total. The van der Waals surface area contributed by atoms with Crippen LogP contribution in [0.5, 0.6) is 0 Å². The minimum absolute atomic E-state index is 0.476. The maximum absolute atomic E-state index is 12.5. The predicted octanol–water partition coefficient (Wildman–Crippen LogP) is 2.62. The molecule has 0 aliphatic carbocycles. The SMILES string of the molecule is O=[N+]([O-])c1nc(S(=O)(=O)Cl)cc(C(F)F)c1Br. The predicted molar refractivity (Wildman–Crippen MR) is 56.6 cm³/mol. The molecule has 1 heterocycles. The van der Waals surface area contributed by atoms with Gasteiger partial charge in [0.15, 0.2) is 0 Å². The van der Waals surface area contributed by atoms with Gasteiger partial charge in [-0.15, -0.1) is 0 Å². The molecule has 0 bridgehead atoms. The molecule has 0 aromatic carbocycles. The molecule has 0 saturated carbocycles. The van der Waals surface area contributed by atoms with E-state index in [0.29, 0.717) is 6.07 Å². The first kappa shape index (κ1) is 14.2. The first-order valence-electron chi connectivity index (χ1n) is 3.72. The molecule has 0 saturated heterocycles. The molecule has 0 fully saturated rings. The fourth-order valence-electron chi connectivity index (χ4n) is 0.916. The van der Waals surface area contributed by atoms with Gasteiger partial charge in [0.2, 0.25) is 0 Å². The second-order valence-electron chi connectivity index (χ2n) is 2.68. The number of pyridine rings is 1. The summed E-state index contributed by atoms with van der Waals surface area (Å²) in [6.07, 6.45) is -3.11. The monoisotopic (exact) mass is 350 g/mol. The van der Waals surface area contributed by atoms with Crippen molar-refractivity contribution in [2.45, 2.75) is 11.5 Å². The van der Waals surface area contributed by atoms with Crippen molar-refractivity contribution in [1.82, 2.24) is 4.98 Å². The number of nitro groups is 1. The van der Waals surface area contributed by atoms with Gasteiger partial charge in [0, 0.05) is 22.3 Å². The number of aromatic nitrogens is 1. The third-order valence-electron chi connectivity index (χ3n) is 1.60. The van der Waals surface area contributed by atoms with E-state index in [1.165, 1.54) is 0 Å². The second kappa shape index (κ2) is 4.78. The van der Waals surface area contributed by atoms with Gasteiger partial charge >= 0.3 is 14.9 Å². The van der Waals surface area contributed by atoms with Gasteiger partial charge in [-0.1, -0.05) is 0 Å². The Balaban J connectivity index is 3.65. The Labute approximate surface area is 106 Å². The normalized spacial score (nSPS) is 11.8. The van der Waals surface area contributed by atoms with E-state index in [0.717, 1.165) is 0 Å². The highest BCUT2D eigenvalue weighted by atomic mass is 79.9. The maximum Gasteiger partial charge on any atom is 0.379 e. The smallest absolute Gasteiger partial charge is 0.358 e. The van der Waals surface area contributed by atoms with Gasteiger partial charge in [-0.25, -0.2) is 17.2 Å². The Morgan fingerprint density at radius 1 is 1.53 bits per heavy atom. The highest BCUT2D eigenvalue weighted by Gasteiger charge is 2.30. The van der Waals surface area contributed by atoms with Crippen LogP contribution in [0.25, 0.3) is 0 Å². The number of hydrogen-bond acceptors (Lipinski definition) is 5. The summed E-state index contributed by atoms with van der Waals surface area (Å²) in [7, 11) is 0.462. The lowest BCUT2D eigenvalue weighted by Gasteiger charge is -2.03. The highest BCUT2D eigenvalue weighted by Crippen LogP contribution is 2.35. The minimum atomic E-state index is -4.43. The fourth-order valence-corrected chi connectivity index (χ4v) is 2.14. The molecule has 1 rings (SSSR count). The summed E-state index contributed by atoms with van der Waals surface area (Å²) in [4.78, 5) is 12.5. The molecule has 0 atom stereocenters. The van der Waals surface area contributed by atoms with Crippen LogP contribution in [0.1, 0.15) is 12.0 Å². The van der Waals surface area contributed by atoms with Gasteiger partial charge in [0.25, 0.3) is 11.5 Å². The number of nitrogens with zero attached hydrogens (tertiary/aromatic N) is 2. The van der Waals surface area contributed by atoms with Crippen LogP contribution in [0.2, 0.25) is 0 Å². The maximum atomic E-state index is 12.5. The van der Waals surface area contributed by atoms with E-state index in [2.05, 4.69) is 20.9 Å². The Hall–Kier alpha value is -0.870. The summed E-state index contributed by atoms with van der Waals surface area (Å²) in [6, 6.07) is 0.476. The Bertz CT molecular complexity index is 580. The molecule has 1 aromatic heterocycles. The van der Waals surface area contributed by atoms with E-state index >= 15 is 0 Å². The fraction of sp³-hybridized carbons (Fsp3) is 0.167. The number of rotatable bonds is 3. The van der Waals surface area contributed by atoms with E-state index < -0.39 is 41.3 Å². The number of hydrogen-bond donors (Lipinski definition) is 0. The third kappa shape index (κ3) is 3.07. The largest absolute Gasteiger partial charge is 0.379 e. The van der Waals surface area contributed by atoms with Crippen LogP contribution in [-0.2, 0) is 9.05 Å². The van der Waals surface area contributed by atoms with E-state index in [9.17, 15) is 27.3 Å². The van der Waals surface area contributed by atoms with Gasteiger partial charge in [0.1, 0.15) is 4.47 Å². The van der Waals surface area contributed by atoms with Gasteiger partial charge in [-0.2, -0.15) is 0 Å². The van der Waals surface area contributed by atoms with E-state index in [4.69, 9.17) is 10.7 Å². The first-order valence-corrected chi connectivity index (χ1v) is 6.82.